The number of hydrogen-bond acceptors (Lipinski definition) is 5. The van der Waals surface area contributed by atoms with E-state index in [1.807, 2.05) is 30.3 Å². The summed E-state index contributed by atoms with van der Waals surface area (Å²) in [6.45, 7) is 4.94. The third-order valence-electron chi connectivity index (χ3n) is 4.78. The highest BCUT2D eigenvalue weighted by molar-refractivity contribution is 6.30. The highest BCUT2D eigenvalue weighted by atomic mass is 35.5. The van der Waals surface area contributed by atoms with E-state index in [0.717, 1.165) is 17.5 Å². The highest BCUT2D eigenvalue weighted by Gasteiger charge is 2.19. The minimum atomic E-state index is -0.270. The van der Waals surface area contributed by atoms with Gasteiger partial charge in [-0.3, -0.25) is 9.59 Å². The van der Waals surface area contributed by atoms with Gasteiger partial charge in [0.2, 0.25) is 17.6 Å². The van der Waals surface area contributed by atoms with E-state index in [-0.39, 0.29) is 24.9 Å². The van der Waals surface area contributed by atoms with Crippen molar-refractivity contribution in [1.29, 1.82) is 0 Å². The van der Waals surface area contributed by atoms with Crippen molar-refractivity contribution in [2.24, 2.45) is 5.92 Å². The molecule has 2 amide bonds. The third-order valence-corrected chi connectivity index (χ3v) is 5.03. The average molecular weight is 455 g/mol. The quantitative estimate of drug-likeness (QED) is 0.507. The summed E-state index contributed by atoms with van der Waals surface area (Å²) in [5.41, 5.74) is 1.68. The van der Waals surface area contributed by atoms with Crippen molar-refractivity contribution in [3.8, 4) is 11.4 Å². The van der Waals surface area contributed by atoms with Crippen LogP contribution >= 0.6 is 11.6 Å². The topological polar surface area (TPSA) is 93.0 Å². The van der Waals surface area contributed by atoms with Crippen molar-refractivity contribution in [3.05, 3.63) is 65.2 Å². The summed E-state index contributed by atoms with van der Waals surface area (Å²) in [6.07, 6.45) is 0.884. The van der Waals surface area contributed by atoms with Crippen molar-refractivity contribution < 1.29 is 9.59 Å². The summed E-state index contributed by atoms with van der Waals surface area (Å²) >= 11 is 5.92. The first kappa shape index (κ1) is 23.4. The van der Waals surface area contributed by atoms with Gasteiger partial charge in [-0.2, -0.15) is 4.80 Å². The Morgan fingerprint density at radius 3 is 2.50 bits per heavy atom. The van der Waals surface area contributed by atoms with Crippen LogP contribution in [0.3, 0.4) is 0 Å². The number of carbonyl (C=O) groups is 2. The summed E-state index contributed by atoms with van der Waals surface area (Å²) < 4.78 is 0. The third kappa shape index (κ3) is 7.16. The molecule has 3 rings (SSSR count). The lowest BCUT2D eigenvalue weighted by molar-refractivity contribution is -0.137. The van der Waals surface area contributed by atoms with Crippen molar-refractivity contribution in [2.75, 3.05) is 13.1 Å². The van der Waals surface area contributed by atoms with Crippen LogP contribution in [0.25, 0.3) is 11.4 Å². The summed E-state index contributed by atoms with van der Waals surface area (Å²) in [5.74, 6) is 0.428. The molecule has 0 aliphatic heterocycles. The smallest absolute Gasteiger partial charge is 0.247 e. The maximum absolute atomic E-state index is 13.0. The van der Waals surface area contributed by atoms with Crippen LogP contribution in [-0.4, -0.2) is 50.0 Å². The van der Waals surface area contributed by atoms with Crippen LogP contribution in [-0.2, 0) is 22.7 Å². The van der Waals surface area contributed by atoms with E-state index in [1.165, 1.54) is 9.70 Å². The molecule has 0 atom stereocenters. The van der Waals surface area contributed by atoms with E-state index < -0.39 is 0 Å². The number of aromatic nitrogens is 4. The Hall–Kier alpha value is -3.26. The van der Waals surface area contributed by atoms with Gasteiger partial charge in [-0.15, -0.1) is 10.2 Å². The highest BCUT2D eigenvalue weighted by Crippen LogP contribution is 2.17. The van der Waals surface area contributed by atoms with E-state index in [9.17, 15) is 9.59 Å². The summed E-state index contributed by atoms with van der Waals surface area (Å²) in [5, 5.41) is 15.8. The Kier molecular flexibility index (Phi) is 8.33. The van der Waals surface area contributed by atoms with Gasteiger partial charge in [0.15, 0.2) is 0 Å². The van der Waals surface area contributed by atoms with Gasteiger partial charge in [0, 0.05) is 23.7 Å². The van der Waals surface area contributed by atoms with Crippen molar-refractivity contribution in [3.63, 3.8) is 0 Å². The molecule has 1 heterocycles. The van der Waals surface area contributed by atoms with E-state index in [4.69, 9.17) is 11.6 Å². The van der Waals surface area contributed by atoms with Crippen LogP contribution in [0.1, 0.15) is 25.8 Å². The average Bonchev–Trinajstić information content (AvgIpc) is 3.22. The molecule has 0 aliphatic carbocycles. The number of nitrogens with zero attached hydrogens (tertiary/aromatic N) is 5. The van der Waals surface area contributed by atoms with Crippen LogP contribution in [0.15, 0.2) is 54.6 Å². The monoisotopic (exact) mass is 454 g/mol. The van der Waals surface area contributed by atoms with E-state index in [0.29, 0.717) is 29.9 Å². The molecule has 8 nitrogen and oxygen atoms in total. The Bertz CT molecular complexity index is 1020. The molecule has 0 spiro atoms. The molecule has 1 N–H and O–H groups in total. The van der Waals surface area contributed by atoms with Gasteiger partial charge in [-0.25, -0.2) is 0 Å². The Morgan fingerprint density at radius 1 is 1.09 bits per heavy atom. The maximum atomic E-state index is 13.0. The predicted molar refractivity (Wildman–Crippen MR) is 123 cm³/mol. The molecule has 0 bridgehead atoms. The number of nitrogens with one attached hydrogen (secondary N) is 1. The number of benzene rings is 2. The van der Waals surface area contributed by atoms with Crippen molar-refractivity contribution in [1.82, 2.24) is 30.4 Å². The molecule has 0 saturated carbocycles. The molecule has 0 fully saturated rings. The molecule has 0 saturated heterocycles. The molecule has 32 heavy (non-hydrogen) atoms. The van der Waals surface area contributed by atoms with Crippen LogP contribution in [0.4, 0.5) is 0 Å². The standard InChI is InChI=1S/C23H27ClN6O2/c1-17(2)12-13-25-21(31)15-29(14-18-6-4-3-5-7-18)22(32)16-30-27-23(26-28-30)19-8-10-20(24)11-9-19/h3-11,17H,12-16H2,1-2H3,(H,25,31). The fourth-order valence-electron chi connectivity index (χ4n) is 3.01. The lowest BCUT2D eigenvalue weighted by Gasteiger charge is -2.22. The SMILES string of the molecule is CC(C)CCNC(=O)CN(Cc1ccccc1)C(=O)Cn1nnc(-c2ccc(Cl)cc2)n1. The van der Waals surface area contributed by atoms with E-state index in [1.54, 1.807) is 24.3 Å². The zero-order valence-electron chi connectivity index (χ0n) is 18.2. The summed E-state index contributed by atoms with van der Waals surface area (Å²) in [4.78, 5) is 28.2. The zero-order chi connectivity index (χ0) is 22.9. The lowest BCUT2D eigenvalue weighted by atomic mass is 10.1. The number of tetrazole rings is 1. The first-order valence-corrected chi connectivity index (χ1v) is 10.9. The molecule has 9 heteroatoms. The number of hydrogen-bond donors (Lipinski definition) is 1. The predicted octanol–water partition coefficient (Wildman–Crippen LogP) is 3.18. The molecule has 3 aromatic rings. The first-order chi connectivity index (χ1) is 15.4. The van der Waals surface area contributed by atoms with Crippen molar-refractivity contribution in [2.45, 2.75) is 33.4 Å². The van der Waals surface area contributed by atoms with E-state index in [2.05, 4.69) is 34.6 Å². The Morgan fingerprint density at radius 2 is 1.81 bits per heavy atom. The molecule has 2 aromatic carbocycles. The Balaban J connectivity index is 1.67. The van der Waals surface area contributed by atoms with Gasteiger partial charge in [0.1, 0.15) is 6.54 Å². The molecule has 0 unspecified atom stereocenters. The van der Waals surface area contributed by atoms with Gasteiger partial charge in [-0.1, -0.05) is 55.8 Å². The van der Waals surface area contributed by atoms with Crippen LogP contribution in [0, 0.1) is 5.92 Å². The second-order valence-corrected chi connectivity index (χ2v) is 8.35. The molecular formula is C23H27ClN6O2. The van der Waals surface area contributed by atoms with Gasteiger partial charge in [0.25, 0.3) is 0 Å². The van der Waals surface area contributed by atoms with E-state index >= 15 is 0 Å². The number of amides is 2. The minimum Gasteiger partial charge on any atom is -0.355 e. The molecule has 168 valence electrons. The van der Waals surface area contributed by atoms with Crippen LogP contribution in [0.2, 0.25) is 5.02 Å². The fourth-order valence-corrected chi connectivity index (χ4v) is 3.14. The fraction of sp³-hybridized carbons (Fsp3) is 0.348. The normalized spacial score (nSPS) is 10.9. The number of halogens is 1. The van der Waals surface area contributed by atoms with Gasteiger partial charge >= 0.3 is 0 Å². The Labute approximate surface area is 192 Å². The van der Waals surface area contributed by atoms with Gasteiger partial charge < -0.3 is 10.2 Å². The largest absolute Gasteiger partial charge is 0.355 e. The second-order valence-electron chi connectivity index (χ2n) is 7.92. The van der Waals surface area contributed by atoms with Crippen LogP contribution < -0.4 is 5.32 Å². The van der Waals surface area contributed by atoms with Gasteiger partial charge in [0.05, 0.1) is 6.54 Å². The van der Waals surface area contributed by atoms with Crippen molar-refractivity contribution >= 4 is 23.4 Å². The second kappa shape index (κ2) is 11.4. The maximum Gasteiger partial charge on any atom is 0.247 e. The number of rotatable bonds is 10. The molecule has 0 radical (unpaired) electrons. The summed E-state index contributed by atoms with van der Waals surface area (Å²) in [7, 11) is 0. The number of carbonyl (C=O) groups excluding carboxylic acids is 2. The molecule has 0 aliphatic rings. The summed E-state index contributed by atoms with van der Waals surface area (Å²) in [6, 6.07) is 16.6. The minimum absolute atomic E-state index is 0.0371. The van der Waals surface area contributed by atoms with Crippen LogP contribution in [0.5, 0.6) is 0 Å². The molecule has 1 aromatic heterocycles. The zero-order valence-corrected chi connectivity index (χ0v) is 19.0. The first-order valence-electron chi connectivity index (χ1n) is 10.5. The molecular weight excluding hydrogens is 428 g/mol. The van der Waals surface area contributed by atoms with Gasteiger partial charge in [-0.05, 0) is 47.4 Å². The lowest BCUT2D eigenvalue weighted by Crippen LogP contribution is -2.42.